The molecule has 0 saturated heterocycles. The first kappa shape index (κ1) is 21.5. The fourth-order valence-electron chi connectivity index (χ4n) is 2.66. The summed E-state index contributed by atoms with van der Waals surface area (Å²) < 4.78 is 5.50. The van der Waals surface area contributed by atoms with E-state index in [1.54, 1.807) is 0 Å². The number of rotatable bonds is 10. The molecule has 0 radical (unpaired) electrons. The van der Waals surface area contributed by atoms with Crippen LogP contribution in [-0.4, -0.2) is 36.3 Å². The average molecular weight is 433 g/mol. The van der Waals surface area contributed by atoms with Crippen LogP contribution in [0.3, 0.4) is 0 Å². The summed E-state index contributed by atoms with van der Waals surface area (Å²) in [6.45, 7) is 2.46. The second kappa shape index (κ2) is 10.6. The lowest BCUT2D eigenvalue weighted by Gasteiger charge is -2.13. The van der Waals surface area contributed by atoms with Crippen LogP contribution in [0.1, 0.15) is 25.3 Å². The topological polar surface area (TPSA) is 67.4 Å². The molecular formula is C22H25ClN2O3S. The van der Waals surface area contributed by atoms with Crippen LogP contribution in [-0.2, 0) is 16.0 Å². The molecule has 5 nitrogen and oxygen atoms in total. The third-order valence-electron chi connectivity index (χ3n) is 4.46. The van der Waals surface area contributed by atoms with Crippen molar-refractivity contribution >= 4 is 35.2 Å². The molecule has 2 N–H and O–H groups in total. The van der Waals surface area contributed by atoms with Gasteiger partial charge in [0.05, 0.1) is 10.3 Å². The minimum atomic E-state index is -0.229. The van der Waals surface area contributed by atoms with Gasteiger partial charge in [-0.1, -0.05) is 35.9 Å². The summed E-state index contributed by atoms with van der Waals surface area (Å²) >= 11 is 7.60. The zero-order chi connectivity index (χ0) is 20.6. The summed E-state index contributed by atoms with van der Waals surface area (Å²) in [5, 5.41) is 6.28. The number of ether oxygens (including phenoxy) is 1. The summed E-state index contributed by atoms with van der Waals surface area (Å²) in [7, 11) is 0. The zero-order valence-electron chi connectivity index (χ0n) is 16.3. The maximum absolute atomic E-state index is 12.3. The number of halogens is 1. The van der Waals surface area contributed by atoms with E-state index >= 15 is 0 Å². The van der Waals surface area contributed by atoms with E-state index in [1.165, 1.54) is 11.8 Å². The van der Waals surface area contributed by atoms with Gasteiger partial charge in [0.2, 0.25) is 5.91 Å². The van der Waals surface area contributed by atoms with Crippen LogP contribution >= 0.6 is 23.4 Å². The Morgan fingerprint density at radius 2 is 1.90 bits per heavy atom. The molecule has 2 aromatic rings. The monoisotopic (exact) mass is 432 g/mol. The third kappa shape index (κ3) is 7.29. The van der Waals surface area contributed by atoms with E-state index in [2.05, 4.69) is 10.6 Å². The van der Waals surface area contributed by atoms with Gasteiger partial charge in [0.25, 0.3) is 5.91 Å². The van der Waals surface area contributed by atoms with Crippen LogP contribution in [0.4, 0.5) is 0 Å². The van der Waals surface area contributed by atoms with E-state index in [4.69, 9.17) is 16.3 Å². The summed E-state index contributed by atoms with van der Waals surface area (Å²) in [4.78, 5) is 24.8. The molecule has 0 spiro atoms. The number of carbonyl (C=O) groups is 2. The molecule has 2 aromatic carbocycles. The summed E-state index contributed by atoms with van der Waals surface area (Å²) in [5.41, 5.74) is 1.09. The predicted octanol–water partition coefficient (Wildman–Crippen LogP) is 3.84. The van der Waals surface area contributed by atoms with Gasteiger partial charge in [0.1, 0.15) is 5.75 Å². The van der Waals surface area contributed by atoms with Crippen molar-refractivity contribution in [2.24, 2.45) is 0 Å². The molecule has 1 aliphatic carbocycles. The molecule has 0 aromatic heterocycles. The number of nitrogens with one attached hydrogen (secondary N) is 2. The third-order valence-corrected chi connectivity index (χ3v) is 6.08. The van der Waals surface area contributed by atoms with E-state index in [9.17, 15) is 9.59 Å². The van der Waals surface area contributed by atoms with Crippen molar-refractivity contribution in [3.63, 3.8) is 0 Å². The van der Waals surface area contributed by atoms with Crippen molar-refractivity contribution in [2.75, 3.05) is 13.2 Å². The second-order valence-electron chi connectivity index (χ2n) is 7.01. The van der Waals surface area contributed by atoms with Gasteiger partial charge in [0, 0.05) is 17.5 Å². The molecule has 1 aliphatic rings. The standard InChI is InChI=1S/C22H25ClN2O3S/c1-15(29-20-5-3-2-4-19(20)23)22(27)24-13-12-16-6-10-18(11-7-16)28-14-21(26)25-17-8-9-17/h2-7,10-11,15,17H,8-9,12-14H2,1H3,(H,24,27)(H,25,26). The van der Waals surface area contributed by atoms with Crippen LogP contribution in [0, 0.1) is 0 Å². The lowest BCUT2D eigenvalue weighted by atomic mass is 10.1. The Kier molecular flexibility index (Phi) is 7.83. The van der Waals surface area contributed by atoms with Gasteiger partial charge >= 0.3 is 0 Å². The Hall–Kier alpha value is -2.18. The zero-order valence-corrected chi connectivity index (χ0v) is 17.9. The summed E-state index contributed by atoms with van der Waals surface area (Å²) in [6, 6.07) is 15.4. The molecule has 29 heavy (non-hydrogen) atoms. The normalized spacial score (nSPS) is 14.1. The Balaban J connectivity index is 1.36. The van der Waals surface area contributed by atoms with Crippen molar-refractivity contribution in [1.82, 2.24) is 10.6 Å². The fourth-order valence-corrected chi connectivity index (χ4v) is 3.83. The van der Waals surface area contributed by atoms with Gasteiger partial charge in [-0.15, -0.1) is 11.8 Å². The SMILES string of the molecule is CC(Sc1ccccc1Cl)C(=O)NCCc1ccc(OCC(=O)NC2CC2)cc1. The number of thioether (sulfide) groups is 1. The van der Waals surface area contributed by atoms with Gasteiger partial charge in [-0.05, 0) is 56.0 Å². The minimum Gasteiger partial charge on any atom is -0.484 e. The maximum Gasteiger partial charge on any atom is 0.258 e. The predicted molar refractivity (Wildman–Crippen MR) is 117 cm³/mol. The Morgan fingerprint density at radius 1 is 1.17 bits per heavy atom. The van der Waals surface area contributed by atoms with Crippen LogP contribution < -0.4 is 15.4 Å². The molecule has 1 saturated carbocycles. The highest BCUT2D eigenvalue weighted by atomic mass is 35.5. The van der Waals surface area contributed by atoms with E-state index in [-0.39, 0.29) is 23.7 Å². The lowest BCUT2D eigenvalue weighted by molar-refractivity contribution is -0.123. The number of hydrogen-bond donors (Lipinski definition) is 2. The molecule has 3 rings (SSSR count). The molecule has 154 valence electrons. The highest BCUT2D eigenvalue weighted by molar-refractivity contribution is 8.00. The van der Waals surface area contributed by atoms with Crippen molar-refractivity contribution in [1.29, 1.82) is 0 Å². The quantitative estimate of drug-likeness (QED) is 0.560. The summed E-state index contributed by atoms with van der Waals surface area (Å²) in [6.07, 6.45) is 2.85. The fraction of sp³-hybridized carbons (Fsp3) is 0.364. The molecule has 7 heteroatoms. The molecule has 1 unspecified atom stereocenters. The van der Waals surface area contributed by atoms with Crippen LogP contribution in [0.2, 0.25) is 5.02 Å². The smallest absolute Gasteiger partial charge is 0.258 e. The minimum absolute atomic E-state index is 0.0171. The average Bonchev–Trinajstić information content (AvgIpc) is 3.53. The van der Waals surface area contributed by atoms with Gasteiger partial charge < -0.3 is 15.4 Å². The molecule has 0 aliphatic heterocycles. The van der Waals surface area contributed by atoms with Gasteiger partial charge in [-0.25, -0.2) is 0 Å². The van der Waals surface area contributed by atoms with Crippen LogP contribution in [0.25, 0.3) is 0 Å². The van der Waals surface area contributed by atoms with E-state index in [0.717, 1.165) is 29.7 Å². The molecule has 1 atom stereocenters. The first-order chi connectivity index (χ1) is 14.0. The lowest BCUT2D eigenvalue weighted by Crippen LogP contribution is -2.32. The first-order valence-corrected chi connectivity index (χ1v) is 11.0. The molecule has 0 bridgehead atoms. The van der Waals surface area contributed by atoms with Crippen molar-refractivity contribution < 1.29 is 14.3 Å². The van der Waals surface area contributed by atoms with Crippen LogP contribution in [0.15, 0.2) is 53.4 Å². The van der Waals surface area contributed by atoms with Gasteiger partial charge in [-0.3, -0.25) is 9.59 Å². The number of amides is 2. The summed E-state index contributed by atoms with van der Waals surface area (Å²) in [5.74, 6) is 0.563. The van der Waals surface area contributed by atoms with E-state index < -0.39 is 0 Å². The molecule has 0 heterocycles. The number of hydrogen-bond acceptors (Lipinski definition) is 4. The van der Waals surface area contributed by atoms with Crippen LogP contribution in [0.5, 0.6) is 5.75 Å². The molecular weight excluding hydrogens is 408 g/mol. The molecule has 1 fully saturated rings. The highest BCUT2D eigenvalue weighted by Crippen LogP contribution is 2.30. The van der Waals surface area contributed by atoms with Crippen molar-refractivity contribution in [2.45, 2.75) is 42.4 Å². The molecule has 2 amide bonds. The maximum atomic E-state index is 12.3. The van der Waals surface area contributed by atoms with Crippen molar-refractivity contribution in [3.8, 4) is 5.75 Å². The number of carbonyl (C=O) groups excluding carboxylic acids is 2. The van der Waals surface area contributed by atoms with Gasteiger partial charge in [0.15, 0.2) is 6.61 Å². The Labute approximate surface area is 180 Å². The Bertz CT molecular complexity index is 840. The van der Waals surface area contributed by atoms with E-state index in [1.807, 2.05) is 55.5 Å². The Morgan fingerprint density at radius 3 is 2.59 bits per heavy atom. The largest absolute Gasteiger partial charge is 0.484 e. The number of benzene rings is 2. The van der Waals surface area contributed by atoms with E-state index in [0.29, 0.717) is 23.4 Å². The van der Waals surface area contributed by atoms with Crippen molar-refractivity contribution in [3.05, 3.63) is 59.1 Å². The first-order valence-electron chi connectivity index (χ1n) is 9.71. The highest BCUT2D eigenvalue weighted by Gasteiger charge is 2.23. The van der Waals surface area contributed by atoms with Gasteiger partial charge in [-0.2, -0.15) is 0 Å². The second-order valence-corrected chi connectivity index (χ2v) is 8.80.